The van der Waals surface area contributed by atoms with Crippen LogP contribution < -0.4 is 5.32 Å². The van der Waals surface area contributed by atoms with Gasteiger partial charge < -0.3 is 0 Å². The molecule has 0 bridgehead atoms. The molecule has 0 spiro atoms. The predicted octanol–water partition coefficient (Wildman–Crippen LogP) is 2.79. The molecule has 0 radical (unpaired) electrons. The molecule has 0 unspecified atom stereocenters. The summed E-state index contributed by atoms with van der Waals surface area (Å²) in [7, 11) is 0. The van der Waals surface area contributed by atoms with Gasteiger partial charge in [0.2, 0.25) is 11.9 Å². The first-order valence-electron chi connectivity index (χ1n) is 7.23. The normalized spacial score (nSPS) is 10.5. The van der Waals surface area contributed by atoms with Crippen LogP contribution in [0.15, 0.2) is 30.5 Å². The summed E-state index contributed by atoms with van der Waals surface area (Å²) in [6.07, 6.45) is 3.19. The second kappa shape index (κ2) is 8.48. The lowest BCUT2D eigenvalue weighted by atomic mass is 10.3. The van der Waals surface area contributed by atoms with Crippen LogP contribution in [0, 0.1) is 13.8 Å². The van der Waals surface area contributed by atoms with Gasteiger partial charge in [-0.25, -0.2) is 9.97 Å². The molecule has 2 heterocycles. The highest BCUT2D eigenvalue weighted by molar-refractivity contribution is 7.99. The van der Waals surface area contributed by atoms with Gasteiger partial charge in [0, 0.05) is 35.5 Å². The fourth-order valence-electron chi connectivity index (χ4n) is 1.96. The second-order valence-corrected chi connectivity index (χ2v) is 6.18. The predicted molar refractivity (Wildman–Crippen MR) is 90.0 cm³/mol. The molecule has 2 aromatic rings. The maximum atomic E-state index is 11.9. The molecule has 0 aliphatic carbocycles. The minimum atomic E-state index is -0.0460. The largest absolute Gasteiger partial charge is 0.294 e. The number of carbonyl (C=O) groups excluding carboxylic acids is 1. The summed E-state index contributed by atoms with van der Waals surface area (Å²) in [5.74, 6) is 2.09. The van der Waals surface area contributed by atoms with Crippen molar-refractivity contribution < 1.29 is 4.79 Å². The van der Waals surface area contributed by atoms with Crippen LogP contribution in [0.5, 0.6) is 0 Å². The quantitative estimate of drug-likeness (QED) is 0.796. The summed E-state index contributed by atoms with van der Waals surface area (Å²) < 4.78 is 0. The van der Waals surface area contributed by atoms with E-state index in [0.717, 1.165) is 35.0 Å². The van der Waals surface area contributed by atoms with Crippen LogP contribution in [0.1, 0.15) is 23.5 Å². The molecule has 116 valence electrons. The Kier molecular flexibility index (Phi) is 6.33. The average molecular weight is 316 g/mol. The van der Waals surface area contributed by atoms with Gasteiger partial charge in [0.05, 0.1) is 0 Å². The number of hydrogen-bond acceptors (Lipinski definition) is 5. The van der Waals surface area contributed by atoms with Crippen molar-refractivity contribution in [3.8, 4) is 0 Å². The van der Waals surface area contributed by atoms with Crippen LogP contribution in [0.25, 0.3) is 0 Å². The molecule has 22 heavy (non-hydrogen) atoms. The van der Waals surface area contributed by atoms with Crippen LogP contribution in [0.4, 0.5) is 5.95 Å². The van der Waals surface area contributed by atoms with Crippen LogP contribution >= 0.6 is 11.8 Å². The van der Waals surface area contributed by atoms with Crippen molar-refractivity contribution in [1.29, 1.82) is 0 Å². The van der Waals surface area contributed by atoms with E-state index >= 15 is 0 Å². The number of aryl methyl sites for hydroxylation is 3. The summed E-state index contributed by atoms with van der Waals surface area (Å²) in [5, 5.41) is 2.75. The van der Waals surface area contributed by atoms with E-state index in [1.54, 1.807) is 18.0 Å². The molecule has 0 aromatic carbocycles. The lowest BCUT2D eigenvalue weighted by Gasteiger charge is -2.05. The molecule has 2 aromatic heterocycles. The van der Waals surface area contributed by atoms with Crippen LogP contribution in [0.2, 0.25) is 0 Å². The van der Waals surface area contributed by atoms with E-state index in [1.807, 2.05) is 38.1 Å². The number of nitrogens with one attached hydrogen (secondary N) is 1. The number of pyridine rings is 1. The number of thioether (sulfide) groups is 1. The lowest BCUT2D eigenvalue weighted by molar-refractivity contribution is -0.115. The Morgan fingerprint density at radius 2 is 1.95 bits per heavy atom. The van der Waals surface area contributed by atoms with Crippen LogP contribution in [0.3, 0.4) is 0 Å². The van der Waals surface area contributed by atoms with Gasteiger partial charge in [-0.1, -0.05) is 6.07 Å². The van der Waals surface area contributed by atoms with Gasteiger partial charge in [-0.2, -0.15) is 11.8 Å². The highest BCUT2D eigenvalue weighted by Gasteiger charge is 2.05. The van der Waals surface area contributed by atoms with E-state index in [0.29, 0.717) is 12.4 Å². The monoisotopic (exact) mass is 316 g/mol. The molecule has 5 nitrogen and oxygen atoms in total. The van der Waals surface area contributed by atoms with Crippen molar-refractivity contribution >= 4 is 23.6 Å². The van der Waals surface area contributed by atoms with Crippen molar-refractivity contribution in [3.05, 3.63) is 47.5 Å². The van der Waals surface area contributed by atoms with Crippen LogP contribution in [-0.4, -0.2) is 32.4 Å². The molecule has 2 rings (SSSR count). The Morgan fingerprint density at radius 1 is 1.18 bits per heavy atom. The van der Waals surface area contributed by atoms with E-state index in [9.17, 15) is 4.79 Å². The molecule has 0 fully saturated rings. The Labute approximate surface area is 135 Å². The number of hydrogen-bond donors (Lipinski definition) is 1. The Bertz CT molecular complexity index is 599. The first-order chi connectivity index (χ1) is 10.6. The second-order valence-electron chi connectivity index (χ2n) is 4.96. The Hall–Kier alpha value is -1.95. The number of nitrogens with zero attached hydrogens (tertiary/aromatic N) is 3. The molecular formula is C16H20N4OS. The summed E-state index contributed by atoms with van der Waals surface area (Å²) in [5.41, 5.74) is 2.79. The topological polar surface area (TPSA) is 67.8 Å². The standard InChI is InChI=1S/C16H20N4OS/c1-12-11-13(2)19-16(18-12)20-15(21)7-10-22-9-6-14-5-3-4-8-17-14/h3-5,8,11H,6-7,9-10H2,1-2H3,(H,18,19,20,21). The number of anilines is 1. The van der Waals surface area contributed by atoms with Gasteiger partial charge in [-0.15, -0.1) is 0 Å². The zero-order valence-electron chi connectivity index (χ0n) is 12.9. The lowest BCUT2D eigenvalue weighted by Crippen LogP contribution is -2.15. The van der Waals surface area contributed by atoms with Gasteiger partial charge in [-0.3, -0.25) is 15.1 Å². The van der Waals surface area contributed by atoms with Gasteiger partial charge in [-0.05, 0) is 44.2 Å². The first-order valence-corrected chi connectivity index (χ1v) is 8.39. The zero-order chi connectivity index (χ0) is 15.8. The van der Waals surface area contributed by atoms with Gasteiger partial charge in [0.1, 0.15) is 0 Å². The molecule has 1 N–H and O–H groups in total. The van der Waals surface area contributed by atoms with E-state index < -0.39 is 0 Å². The number of aromatic nitrogens is 3. The van der Waals surface area contributed by atoms with Crippen molar-refractivity contribution in [3.63, 3.8) is 0 Å². The fourth-order valence-corrected chi connectivity index (χ4v) is 2.85. The van der Waals surface area contributed by atoms with Crippen molar-refractivity contribution in [1.82, 2.24) is 15.0 Å². The van der Waals surface area contributed by atoms with E-state index in [1.165, 1.54) is 0 Å². The highest BCUT2D eigenvalue weighted by atomic mass is 32.2. The van der Waals surface area contributed by atoms with Gasteiger partial charge in [0.15, 0.2) is 0 Å². The molecule has 1 amide bonds. The molecule has 6 heteroatoms. The van der Waals surface area contributed by atoms with E-state index in [2.05, 4.69) is 20.3 Å². The number of carbonyl (C=O) groups is 1. The highest BCUT2D eigenvalue weighted by Crippen LogP contribution is 2.08. The molecule has 0 aliphatic rings. The minimum absolute atomic E-state index is 0.0460. The number of rotatable bonds is 7. The zero-order valence-corrected chi connectivity index (χ0v) is 13.7. The fraction of sp³-hybridized carbons (Fsp3) is 0.375. The summed E-state index contributed by atoms with van der Waals surface area (Å²) >= 11 is 1.75. The van der Waals surface area contributed by atoms with Crippen molar-refractivity contribution in [2.75, 3.05) is 16.8 Å². The average Bonchev–Trinajstić information content (AvgIpc) is 2.47. The smallest absolute Gasteiger partial charge is 0.229 e. The first kappa shape index (κ1) is 16.4. The van der Waals surface area contributed by atoms with E-state index in [-0.39, 0.29) is 5.91 Å². The van der Waals surface area contributed by atoms with Gasteiger partial charge in [0.25, 0.3) is 0 Å². The van der Waals surface area contributed by atoms with Gasteiger partial charge >= 0.3 is 0 Å². The summed E-state index contributed by atoms with van der Waals surface area (Å²) in [6, 6.07) is 7.80. The summed E-state index contributed by atoms with van der Waals surface area (Å²) in [4.78, 5) is 24.5. The Morgan fingerprint density at radius 3 is 2.64 bits per heavy atom. The maximum absolute atomic E-state index is 11.9. The minimum Gasteiger partial charge on any atom is -0.294 e. The Balaban J connectivity index is 1.65. The van der Waals surface area contributed by atoms with Crippen molar-refractivity contribution in [2.45, 2.75) is 26.7 Å². The molecule has 0 atom stereocenters. The van der Waals surface area contributed by atoms with Crippen molar-refractivity contribution in [2.24, 2.45) is 0 Å². The third-order valence-electron chi connectivity index (χ3n) is 2.94. The third kappa shape index (κ3) is 5.81. The molecule has 0 saturated carbocycles. The molecule has 0 saturated heterocycles. The van der Waals surface area contributed by atoms with Crippen LogP contribution in [-0.2, 0) is 11.2 Å². The summed E-state index contributed by atoms with van der Waals surface area (Å²) in [6.45, 7) is 3.77. The van der Waals surface area contributed by atoms with E-state index in [4.69, 9.17) is 0 Å². The third-order valence-corrected chi connectivity index (χ3v) is 3.92. The SMILES string of the molecule is Cc1cc(C)nc(NC(=O)CCSCCc2ccccn2)n1. The number of amides is 1. The maximum Gasteiger partial charge on any atom is 0.229 e. The molecular weight excluding hydrogens is 296 g/mol. The molecule has 0 aliphatic heterocycles.